The molecule has 6 heteroatoms. The predicted molar refractivity (Wildman–Crippen MR) is 81.0 cm³/mol. The Hall–Kier alpha value is -2.18. The van der Waals surface area contributed by atoms with Gasteiger partial charge in [0.15, 0.2) is 12.2 Å². The molecule has 1 atom stereocenters. The van der Waals surface area contributed by atoms with Gasteiger partial charge in [-0.3, -0.25) is 4.79 Å². The number of hydrogen-bond acceptors (Lipinski definition) is 5. The molecule has 116 valence electrons. The summed E-state index contributed by atoms with van der Waals surface area (Å²) in [5.41, 5.74) is 1.68. The Morgan fingerprint density at radius 2 is 2.23 bits per heavy atom. The summed E-state index contributed by atoms with van der Waals surface area (Å²) >= 11 is 0. The van der Waals surface area contributed by atoms with Gasteiger partial charge in [0.05, 0.1) is 19.8 Å². The maximum absolute atomic E-state index is 12.0. The summed E-state index contributed by atoms with van der Waals surface area (Å²) in [4.78, 5) is 16.2. The lowest BCUT2D eigenvalue weighted by molar-refractivity contribution is -0.122. The average Bonchev–Trinajstić information content (AvgIpc) is 3.03. The summed E-state index contributed by atoms with van der Waals surface area (Å²) in [5.74, 6) is 0.671. The van der Waals surface area contributed by atoms with Gasteiger partial charge in [0.1, 0.15) is 5.69 Å². The molecule has 0 spiro atoms. The number of aromatic nitrogens is 1. The average molecular weight is 301 g/mol. The van der Waals surface area contributed by atoms with Gasteiger partial charge in [0.2, 0.25) is 5.91 Å². The summed E-state index contributed by atoms with van der Waals surface area (Å²) in [6.45, 7) is 2.43. The van der Waals surface area contributed by atoms with Crippen molar-refractivity contribution in [1.29, 1.82) is 0 Å². The lowest BCUT2D eigenvalue weighted by atomic mass is 10.1. The SMILES string of the molecule is O=C(CC1COCCN1)NCc1ncoc1-c1ccccc1. The van der Waals surface area contributed by atoms with Gasteiger partial charge in [-0.1, -0.05) is 30.3 Å². The third kappa shape index (κ3) is 3.72. The van der Waals surface area contributed by atoms with Crippen molar-refractivity contribution in [3.05, 3.63) is 42.4 Å². The molecule has 1 unspecified atom stereocenters. The van der Waals surface area contributed by atoms with Crippen LogP contribution in [0.1, 0.15) is 12.1 Å². The third-order valence-corrected chi connectivity index (χ3v) is 3.56. The Balaban J connectivity index is 1.55. The van der Waals surface area contributed by atoms with Crippen LogP contribution in [0.4, 0.5) is 0 Å². The zero-order chi connectivity index (χ0) is 15.2. The topological polar surface area (TPSA) is 76.4 Å². The van der Waals surface area contributed by atoms with Crippen LogP contribution in [-0.2, 0) is 16.1 Å². The van der Waals surface area contributed by atoms with Crippen LogP contribution < -0.4 is 10.6 Å². The molecule has 3 rings (SSSR count). The van der Waals surface area contributed by atoms with Crippen molar-refractivity contribution in [3.63, 3.8) is 0 Å². The molecule has 22 heavy (non-hydrogen) atoms. The summed E-state index contributed by atoms with van der Waals surface area (Å²) in [7, 11) is 0. The van der Waals surface area contributed by atoms with Crippen molar-refractivity contribution in [2.24, 2.45) is 0 Å². The number of hydrogen-bond donors (Lipinski definition) is 2. The van der Waals surface area contributed by atoms with Crippen LogP contribution in [0.15, 0.2) is 41.1 Å². The Morgan fingerprint density at radius 3 is 3.00 bits per heavy atom. The van der Waals surface area contributed by atoms with Crippen molar-refractivity contribution in [2.75, 3.05) is 19.8 Å². The molecule has 0 radical (unpaired) electrons. The second-order valence-corrected chi connectivity index (χ2v) is 5.20. The van der Waals surface area contributed by atoms with Gasteiger partial charge < -0.3 is 19.8 Å². The Labute approximate surface area is 128 Å². The summed E-state index contributed by atoms with van der Waals surface area (Å²) in [5, 5.41) is 6.15. The van der Waals surface area contributed by atoms with E-state index < -0.39 is 0 Å². The zero-order valence-corrected chi connectivity index (χ0v) is 12.2. The molecule has 2 N–H and O–H groups in total. The van der Waals surface area contributed by atoms with Crippen molar-refractivity contribution in [2.45, 2.75) is 19.0 Å². The van der Waals surface area contributed by atoms with E-state index in [0.717, 1.165) is 17.8 Å². The lowest BCUT2D eigenvalue weighted by Crippen LogP contribution is -2.44. The Kier molecular flexibility index (Phi) is 4.82. The van der Waals surface area contributed by atoms with E-state index in [0.29, 0.717) is 31.9 Å². The summed E-state index contributed by atoms with van der Waals surface area (Å²) in [6.07, 6.45) is 1.80. The van der Waals surface area contributed by atoms with Gasteiger partial charge in [-0.05, 0) is 0 Å². The third-order valence-electron chi connectivity index (χ3n) is 3.56. The van der Waals surface area contributed by atoms with Gasteiger partial charge in [-0.25, -0.2) is 4.98 Å². The molecular formula is C16H19N3O3. The minimum Gasteiger partial charge on any atom is -0.443 e. The molecule has 2 aromatic rings. The molecule has 1 aliphatic heterocycles. The first-order valence-electron chi connectivity index (χ1n) is 7.38. The second-order valence-electron chi connectivity index (χ2n) is 5.20. The van der Waals surface area contributed by atoms with Gasteiger partial charge in [0.25, 0.3) is 0 Å². The maximum Gasteiger partial charge on any atom is 0.221 e. The van der Waals surface area contributed by atoms with Crippen molar-refractivity contribution in [3.8, 4) is 11.3 Å². The van der Waals surface area contributed by atoms with Crippen LogP contribution in [-0.4, -0.2) is 36.7 Å². The van der Waals surface area contributed by atoms with E-state index in [-0.39, 0.29) is 11.9 Å². The number of oxazole rings is 1. The summed E-state index contributed by atoms with van der Waals surface area (Å²) < 4.78 is 10.8. The molecule has 6 nitrogen and oxygen atoms in total. The number of amides is 1. The standard InChI is InChI=1S/C16H19N3O3/c20-15(8-13-10-21-7-6-17-13)18-9-14-16(22-11-19-14)12-4-2-1-3-5-12/h1-5,11,13,17H,6-10H2,(H,18,20). The molecule has 0 aliphatic carbocycles. The minimum atomic E-state index is -0.0231. The number of ether oxygens (including phenoxy) is 1. The highest BCUT2D eigenvalue weighted by molar-refractivity contribution is 5.76. The molecule has 1 aromatic heterocycles. The van der Waals surface area contributed by atoms with Crippen molar-refractivity contribution in [1.82, 2.24) is 15.6 Å². The number of benzene rings is 1. The predicted octanol–water partition coefficient (Wildman–Crippen LogP) is 1.34. The van der Waals surface area contributed by atoms with E-state index in [1.54, 1.807) is 0 Å². The van der Waals surface area contributed by atoms with Crippen LogP contribution >= 0.6 is 0 Å². The number of nitrogens with one attached hydrogen (secondary N) is 2. The largest absolute Gasteiger partial charge is 0.443 e. The highest BCUT2D eigenvalue weighted by atomic mass is 16.5. The van der Waals surface area contributed by atoms with Crippen LogP contribution in [0.25, 0.3) is 11.3 Å². The first-order valence-corrected chi connectivity index (χ1v) is 7.38. The zero-order valence-electron chi connectivity index (χ0n) is 12.2. The van der Waals surface area contributed by atoms with Gasteiger partial charge in [0, 0.05) is 24.6 Å². The fraction of sp³-hybridized carbons (Fsp3) is 0.375. The second kappa shape index (κ2) is 7.20. The number of nitrogens with zero attached hydrogens (tertiary/aromatic N) is 1. The fourth-order valence-corrected chi connectivity index (χ4v) is 2.45. The Bertz CT molecular complexity index is 606. The van der Waals surface area contributed by atoms with Gasteiger partial charge >= 0.3 is 0 Å². The normalized spacial score (nSPS) is 18.1. The quantitative estimate of drug-likeness (QED) is 0.871. The van der Waals surface area contributed by atoms with E-state index >= 15 is 0 Å². The molecule has 1 fully saturated rings. The highest BCUT2D eigenvalue weighted by Crippen LogP contribution is 2.22. The van der Waals surface area contributed by atoms with E-state index in [4.69, 9.17) is 9.15 Å². The minimum absolute atomic E-state index is 0.0231. The number of carbonyl (C=O) groups is 1. The van der Waals surface area contributed by atoms with E-state index in [1.165, 1.54) is 6.39 Å². The molecule has 2 heterocycles. The van der Waals surface area contributed by atoms with Crippen molar-refractivity contribution < 1.29 is 13.9 Å². The number of carbonyl (C=O) groups excluding carboxylic acids is 1. The van der Waals surface area contributed by atoms with E-state index in [1.807, 2.05) is 30.3 Å². The first kappa shape index (κ1) is 14.7. The smallest absolute Gasteiger partial charge is 0.221 e. The Morgan fingerprint density at radius 1 is 1.36 bits per heavy atom. The fourth-order valence-electron chi connectivity index (χ4n) is 2.45. The molecule has 0 bridgehead atoms. The first-order chi connectivity index (χ1) is 10.8. The monoisotopic (exact) mass is 301 g/mol. The number of morpholine rings is 1. The molecule has 1 amide bonds. The van der Waals surface area contributed by atoms with E-state index in [2.05, 4.69) is 15.6 Å². The molecule has 0 saturated carbocycles. The molecule has 1 aromatic carbocycles. The van der Waals surface area contributed by atoms with E-state index in [9.17, 15) is 4.79 Å². The van der Waals surface area contributed by atoms with Gasteiger partial charge in [-0.2, -0.15) is 0 Å². The van der Waals surface area contributed by atoms with Crippen LogP contribution in [0, 0.1) is 0 Å². The van der Waals surface area contributed by atoms with Crippen LogP contribution in [0.5, 0.6) is 0 Å². The molecular weight excluding hydrogens is 282 g/mol. The molecule has 1 aliphatic rings. The van der Waals surface area contributed by atoms with Gasteiger partial charge in [-0.15, -0.1) is 0 Å². The number of rotatable bonds is 5. The lowest BCUT2D eigenvalue weighted by Gasteiger charge is -2.23. The highest BCUT2D eigenvalue weighted by Gasteiger charge is 2.17. The van der Waals surface area contributed by atoms with Crippen LogP contribution in [0.3, 0.4) is 0 Å². The molecule has 1 saturated heterocycles. The summed E-state index contributed by atoms with van der Waals surface area (Å²) in [6, 6.07) is 9.81. The van der Waals surface area contributed by atoms with Crippen molar-refractivity contribution >= 4 is 5.91 Å². The van der Waals surface area contributed by atoms with Crippen LogP contribution in [0.2, 0.25) is 0 Å². The maximum atomic E-state index is 12.0.